The molecule has 6 heteroatoms. The molecule has 0 saturated carbocycles. The first-order chi connectivity index (χ1) is 16.5. The van der Waals surface area contributed by atoms with E-state index in [2.05, 4.69) is 35.8 Å². The average Bonchev–Trinajstić information content (AvgIpc) is 2.85. The normalized spacial score (nSPS) is 25.5. The van der Waals surface area contributed by atoms with E-state index in [0.29, 0.717) is 36.8 Å². The number of piperidine rings is 2. The van der Waals surface area contributed by atoms with Crippen molar-refractivity contribution in [1.82, 2.24) is 9.80 Å². The number of benzene rings is 1. The van der Waals surface area contributed by atoms with Crippen molar-refractivity contribution in [3.63, 3.8) is 0 Å². The van der Waals surface area contributed by atoms with Gasteiger partial charge in [-0.3, -0.25) is 9.69 Å². The molecule has 34 heavy (non-hydrogen) atoms. The molecule has 3 heterocycles. The SMILES string of the molecule is COc1cc2c(cc1OC)C1CC(COC(=O)CCN3CCCCC3)C(CC(C)C)CN1CC2. The van der Waals surface area contributed by atoms with Crippen LogP contribution in [-0.2, 0) is 16.0 Å². The minimum Gasteiger partial charge on any atom is -0.493 e. The van der Waals surface area contributed by atoms with Crippen LogP contribution in [0.25, 0.3) is 0 Å². The van der Waals surface area contributed by atoms with Gasteiger partial charge in [-0.1, -0.05) is 20.3 Å². The number of rotatable bonds is 9. The number of carbonyl (C=O) groups excluding carboxylic acids is 1. The Morgan fingerprint density at radius 2 is 1.76 bits per heavy atom. The zero-order valence-electron chi connectivity index (χ0n) is 21.7. The van der Waals surface area contributed by atoms with Crippen molar-refractivity contribution >= 4 is 5.97 Å². The van der Waals surface area contributed by atoms with E-state index in [1.807, 2.05) is 0 Å². The van der Waals surface area contributed by atoms with Gasteiger partial charge in [0, 0.05) is 25.7 Å². The maximum absolute atomic E-state index is 12.6. The lowest BCUT2D eigenvalue weighted by Gasteiger charge is -2.47. The highest BCUT2D eigenvalue weighted by atomic mass is 16.5. The molecule has 3 aliphatic rings. The molecule has 0 bridgehead atoms. The first-order valence-corrected chi connectivity index (χ1v) is 13.3. The first kappa shape index (κ1) is 25.3. The largest absolute Gasteiger partial charge is 0.493 e. The van der Waals surface area contributed by atoms with Gasteiger partial charge >= 0.3 is 5.97 Å². The van der Waals surface area contributed by atoms with Gasteiger partial charge in [-0.25, -0.2) is 0 Å². The molecule has 190 valence electrons. The van der Waals surface area contributed by atoms with Crippen molar-refractivity contribution in [2.75, 3.05) is 53.6 Å². The maximum Gasteiger partial charge on any atom is 0.307 e. The number of fused-ring (bicyclic) bond motifs is 3. The number of carbonyl (C=O) groups is 1. The summed E-state index contributed by atoms with van der Waals surface area (Å²) in [6, 6.07) is 4.68. The summed E-state index contributed by atoms with van der Waals surface area (Å²) in [6.45, 7) is 10.4. The van der Waals surface area contributed by atoms with Gasteiger partial charge in [-0.15, -0.1) is 0 Å². The Balaban J connectivity index is 1.42. The molecule has 3 unspecified atom stereocenters. The molecule has 2 fully saturated rings. The third-order valence-electron chi connectivity index (χ3n) is 8.09. The van der Waals surface area contributed by atoms with Gasteiger partial charge in [0.05, 0.1) is 27.2 Å². The molecular weight excluding hydrogens is 428 g/mol. The predicted octanol–water partition coefficient (Wildman–Crippen LogP) is 4.70. The van der Waals surface area contributed by atoms with Gasteiger partial charge in [0.2, 0.25) is 0 Å². The minimum absolute atomic E-state index is 0.0354. The first-order valence-electron chi connectivity index (χ1n) is 13.3. The fourth-order valence-corrected chi connectivity index (χ4v) is 6.29. The third-order valence-corrected chi connectivity index (χ3v) is 8.09. The Bertz CT molecular complexity index is 821. The lowest BCUT2D eigenvalue weighted by molar-refractivity contribution is -0.147. The van der Waals surface area contributed by atoms with E-state index in [0.717, 1.165) is 57.1 Å². The fourth-order valence-electron chi connectivity index (χ4n) is 6.29. The van der Waals surface area contributed by atoms with E-state index in [4.69, 9.17) is 14.2 Å². The molecule has 3 atom stereocenters. The Labute approximate surface area is 205 Å². The molecule has 1 aromatic rings. The number of nitrogens with zero attached hydrogens (tertiary/aromatic N) is 2. The number of hydrogen-bond donors (Lipinski definition) is 0. The molecule has 0 amide bonds. The standard InChI is InChI=1S/C28H44N2O4/c1-20(2)14-22-18-30-13-8-21-16-26(32-3)27(33-4)17-24(21)25(30)15-23(22)19-34-28(31)9-12-29-10-6-5-7-11-29/h16-17,20,22-23,25H,5-15,18-19H2,1-4H3. The highest BCUT2D eigenvalue weighted by molar-refractivity contribution is 5.69. The summed E-state index contributed by atoms with van der Waals surface area (Å²) >= 11 is 0. The van der Waals surface area contributed by atoms with Gasteiger partial charge < -0.3 is 19.1 Å². The molecule has 4 rings (SSSR count). The third kappa shape index (κ3) is 6.06. The van der Waals surface area contributed by atoms with Crippen LogP contribution in [0.5, 0.6) is 11.5 Å². The lowest BCUT2D eigenvalue weighted by atomic mass is 9.74. The van der Waals surface area contributed by atoms with E-state index in [-0.39, 0.29) is 5.97 Å². The summed E-state index contributed by atoms with van der Waals surface area (Å²) in [5.74, 6) is 3.16. The Hall–Kier alpha value is -1.79. The molecule has 3 aliphatic heterocycles. The van der Waals surface area contributed by atoms with Crippen LogP contribution in [0.1, 0.15) is 69.5 Å². The van der Waals surface area contributed by atoms with Gasteiger partial charge in [0.15, 0.2) is 11.5 Å². The van der Waals surface area contributed by atoms with E-state index < -0.39 is 0 Å². The fraction of sp³-hybridized carbons (Fsp3) is 0.750. The van der Waals surface area contributed by atoms with E-state index >= 15 is 0 Å². The second-order valence-electron chi connectivity index (χ2n) is 10.9. The van der Waals surface area contributed by atoms with E-state index in [1.165, 1.54) is 36.8 Å². The van der Waals surface area contributed by atoms with Crippen LogP contribution in [0.4, 0.5) is 0 Å². The Morgan fingerprint density at radius 1 is 1.03 bits per heavy atom. The van der Waals surface area contributed by atoms with E-state index in [1.54, 1.807) is 14.2 Å². The van der Waals surface area contributed by atoms with Crippen molar-refractivity contribution in [2.45, 2.75) is 64.8 Å². The monoisotopic (exact) mass is 472 g/mol. The Morgan fingerprint density at radius 3 is 2.47 bits per heavy atom. The summed E-state index contributed by atoms with van der Waals surface area (Å²) in [4.78, 5) is 17.7. The molecule has 6 nitrogen and oxygen atoms in total. The van der Waals surface area contributed by atoms with Crippen molar-refractivity contribution in [2.24, 2.45) is 17.8 Å². The number of esters is 1. The van der Waals surface area contributed by atoms with Crippen molar-refractivity contribution < 1.29 is 19.0 Å². The molecular formula is C28H44N2O4. The average molecular weight is 473 g/mol. The number of likely N-dealkylation sites (tertiary alicyclic amines) is 1. The van der Waals surface area contributed by atoms with Gasteiger partial charge in [0.25, 0.3) is 0 Å². The second-order valence-corrected chi connectivity index (χ2v) is 10.9. The molecule has 0 aromatic heterocycles. The topological polar surface area (TPSA) is 51.2 Å². The molecule has 0 aliphatic carbocycles. The van der Waals surface area contributed by atoms with Gasteiger partial charge in [0.1, 0.15) is 0 Å². The minimum atomic E-state index is -0.0354. The highest BCUT2D eigenvalue weighted by Crippen LogP contribution is 2.45. The lowest BCUT2D eigenvalue weighted by Crippen LogP contribution is -2.47. The summed E-state index contributed by atoms with van der Waals surface area (Å²) in [5.41, 5.74) is 2.71. The number of ether oxygens (including phenoxy) is 3. The molecule has 0 radical (unpaired) electrons. The summed E-state index contributed by atoms with van der Waals surface area (Å²) in [5, 5.41) is 0. The predicted molar refractivity (Wildman–Crippen MR) is 134 cm³/mol. The molecule has 0 N–H and O–H groups in total. The zero-order chi connectivity index (χ0) is 24.1. The van der Waals surface area contributed by atoms with Crippen LogP contribution in [0.15, 0.2) is 12.1 Å². The van der Waals surface area contributed by atoms with Gasteiger partial charge in [-0.05, 0) is 86.2 Å². The second kappa shape index (κ2) is 11.8. The maximum atomic E-state index is 12.6. The van der Waals surface area contributed by atoms with Crippen LogP contribution >= 0.6 is 0 Å². The van der Waals surface area contributed by atoms with Crippen molar-refractivity contribution in [3.05, 3.63) is 23.3 Å². The number of methoxy groups -OCH3 is 2. The smallest absolute Gasteiger partial charge is 0.307 e. The van der Waals surface area contributed by atoms with Crippen LogP contribution in [0.3, 0.4) is 0 Å². The number of hydrogen-bond acceptors (Lipinski definition) is 6. The zero-order valence-corrected chi connectivity index (χ0v) is 21.7. The molecule has 2 saturated heterocycles. The van der Waals surface area contributed by atoms with Crippen molar-refractivity contribution in [1.29, 1.82) is 0 Å². The summed E-state index contributed by atoms with van der Waals surface area (Å²) in [7, 11) is 3.41. The Kier molecular flexibility index (Phi) is 8.75. The van der Waals surface area contributed by atoms with Crippen LogP contribution in [0, 0.1) is 17.8 Å². The van der Waals surface area contributed by atoms with Crippen LogP contribution in [-0.4, -0.2) is 69.3 Å². The van der Waals surface area contributed by atoms with Gasteiger partial charge in [-0.2, -0.15) is 0 Å². The summed E-state index contributed by atoms with van der Waals surface area (Å²) < 4.78 is 17.1. The van der Waals surface area contributed by atoms with Crippen LogP contribution in [0.2, 0.25) is 0 Å². The highest BCUT2D eigenvalue weighted by Gasteiger charge is 2.40. The van der Waals surface area contributed by atoms with E-state index in [9.17, 15) is 4.79 Å². The summed E-state index contributed by atoms with van der Waals surface area (Å²) in [6.07, 6.45) is 7.58. The quantitative estimate of drug-likeness (QED) is 0.486. The molecule has 1 aromatic carbocycles. The van der Waals surface area contributed by atoms with Crippen LogP contribution < -0.4 is 9.47 Å². The van der Waals surface area contributed by atoms with Crippen molar-refractivity contribution in [3.8, 4) is 11.5 Å². The molecule has 0 spiro atoms.